The van der Waals surface area contributed by atoms with Crippen molar-refractivity contribution in [1.29, 1.82) is 0 Å². The molecule has 166 valence electrons. The Bertz CT molecular complexity index is 1000. The summed E-state index contributed by atoms with van der Waals surface area (Å²) in [5.41, 5.74) is 6.04. The Morgan fingerprint density at radius 2 is 1.84 bits per heavy atom. The van der Waals surface area contributed by atoms with Gasteiger partial charge < -0.3 is 16.0 Å². The molecule has 0 atom stereocenters. The molecule has 0 radical (unpaired) electrons. The molecule has 2 heterocycles. The van der Waals surface area contributed by atoms with Crippen LogP contribution in [0.2, 0.25) is 0 Å². The van der Waals surface area contributed by atoms with Crippen LogP contribution in [-0.4, -0.2) is 38.9 Å². The summed E-state index contributed by atoms with van der Waals surface area (Å²) in [6.07, 6.45) is 3.70. The van der Waals surface area contributed by atoms with Gasteiger partial charge in [0.15, 0.2) is 0 Å². The molecule has 2 aliphatic rings. The summed E-state index contributed by atoms with van der Waals surface area (Å²) in [6, 6.07) is 5.82. The maximum Gasteiger partial charge on any atom is 0.248 e. The van der Waals surface area contributed by atoms with E-state index in [0.29, 0.717) is 35.7 Å². The van der Waals surface area contributed by atoms with Gasteiger partial charge in [0.2, 0.25) is 11.8 Å². The van der Waals surface area contributed by atoms with Gasteiger partial charge in [0.05, 0.1) is 6.54 Å². The van der Waals surface area contributed by atoms with Gasteiger partial charge in [-0.15, -0.1) is 0 Å². The molecule has 1 aliphatic carbocycles. The van der Waals surface area contributed by atoms with Crippen molar-refractivity contribution in [2.45, 2.75) is 57.0 Å². The Morgan fingerprint density at radius 1 is 1.19 bits per heavy atom. The highest BCUT2D eigenvalue weighted by atomic mass is 19.3. The van der Waals surface area contributed by atoms with Crippen LogP contribution in [0.3, 0.4) is 0 Å². The van der Waals surface area contributed by atoms with Crippen LogP contribution in [0.25, 0.3) is 17.5 Å². The summed E-state index contributed by atoms with van der Waals surface area (Å²) in [5.74, 6) is -2.00. The fourth-order valence-corrected chi connectivity index (χ4v) is 4.25. The first kappa shape index (κ1) is 21.4. The van der Waals surface area contributed by atoms with Crippen molar-refractivity contribution >= 4 is 17.9 Å². The normalized spacial score (nSPS) is 19.9. The van der Waals surface area contributed by atoms with E-state index in [9.17, 15) is 18.0 Å². The van der Waals surface area contributed by atoms with Gasteiger partial charge in [0.1, 0.15) is 28.7 Å². The number of hydrogen-bond acceptors (Lipinski definition) is 4. The third kappa shape index (κ3) is 3.94. The number of rotatable bonds is 4. The molecule has 31 heavy (non-hydrogen) atoms. The SMILES string of the molecule is CC1(C)c2nc(-c3ccc(F)cc3)c(NC3CCC(F)(F)CC3)n2C=CN1C(=O)CN. The molecule has 0 spiro atoms. The molecule has 1 aliphatic heterocycles. The summed E-state index contributed by atoms with van der Waals surface area (Å²) in [7, 11) is 0. The van der Waals surface area contributed by atoms with E-state index in [1.807, 2.05) is 18.4 Å². The van der Waals surface area contributed by atoms with Crippen molar-refractivity contribution in [2.75, 3.05) is 11.9 Å². The number of imidazole rings is 1. The minimum atomic E-state index is -2.63. The standard InChI is InChI=1S/C22H26F3N5O/c1-21(2)20-28-18(14-3-5-15(23)6-4-14)19(27-16-7-9-22(24,25)10-8-16)29(20)11-12-30(21)17(31)13-26/h3-6,11-12,16,27H,7-10,13,26H2,1-2H3. The maximum absolute atomic E-state index is 13.6. The first-order valence-corrected chi connectivity index (χ1v) is 10.4. The van der Waals surface area contributed by atoms with Crippen LogP contribution in [0, 0.1) is 5.82 Å². The highest BCUT2D eigenvalue weighted by molar-refractivity contribution is 5.82. The molecule has 6 nitrogen and oxygen atoms in total. The number of hydrogen-bond donors (Lipinski definition) is 2. The number of aromatic nitrogens is 2. The number of halogens is 3. The first-order valence-electron chi connectivity index (χ1n) is 10.4. The number of amides is 1. The van der Waals surface area contributed by atoms with Crippen LogP contribution in [-0.2, 0) is 10.3 Å². The Balaban J connectivity index is 1.77. The van der Waals surface area contributed by atoms with Gasteiger partial charge in [-0.1, -0.05) is 0 Å². The topological polar surface area (TPSA) is 76.2 Å². The largest absolute Gasteiger partial charge is 0.367 e. The van der Waals surface area contributed by atoms with Crippen LogP contribution in [0.1, 0.15) is 45.4 Å². The van der Waals surface area contributed by atoms with Crippen molar-refractivity contribution in [3.63, 3.8) is 0 Å². The molecule has 0 unspecified atom stereocenters. The van der Waals surface area contributed by atoms with Gasteiger partial charge in [0.25, 0.3) is 0 Å². The van der Waals surface area contributed by atoms with Crippen molar-refractivity contribution in [3.8, 4) is 11.3 Å². The van der Waals surface area contributed by atoms with E-state index in [4.69, 9.17) is 10.7 Å². The van der Waals surface area contributed by atoms with Gasteiger partial charge in [-0.3, -0.25) is 9.36 Å². The van der Waals surface area contributed by atoms with Gasteiger partial charge in [-0.2, -0.15) is 0 Å². The van der Waals surface area contributed by atoms with E-state index >= 15 is 0 Å². The van der Waals surface area contributed by atoms with E-state index in [0.717, 1.165) is 0 Å². The van der Waals surface area contributed by atoms with Crippen LogP contribution in [0.5, 0.6) is 0 Å². The van der Waals surface area contributed by atoms with Crippen LogP contribution in [0.4, 0.5) is 19.0 Å². The lowest BCUT2D eigenvalue weighted by molar-refractivity contribution is -0.132. The average molecular weight is 433 g/mol. The smallest absolute Gasteiger partial charge is 0.248 e. The number of nitrogens with zero attached hydrogens (tertiary/aromatic N) is 3. The van der Waals surface area contributed by atoms with E-state index in [1.165, 1.54) is 17.0 Å². The quantitative estimate of drug-likeness (QED) is 0.760. The highest BCUT2D eigenvalue weighted by Crippen LogP contribution is 2.41. The lowest BCUT2D eigenvalue weighted by Gasteiger charge is -2.38. The van der Waals surface area contributed by atoms with Gasteiger partial charge in [0, 0.05) is 36.8 Å². The van der Waals surface area contributed by atoms with Crippen molar-refractivity contribution in [2.24, 2.45) is 5.73 Å². The number of nitrogens with two attached hydrogens (primary N) is 1. The predicted molar refractivity (Wildman–Crippen MR) is 113 cm³/mol. The number of fused-ring (bicyclic) bond motifs is 1. The second-order valence-electron chi connectivity index (χ2n) is 8.61. The molecule has 0 bridgehead atoms. The average Bonchev–Trinajstić information content (AvgIpc) is 3.09. The third-order valence-electron chi connectivity index (χ3n) is 6.04. The zero-order chi connectivity index (χ0) is 22.4. The number of nitrogens with one attached hydrogen (secondary N) is 1. The fraction of sp³-hybridized carbons (Fsp3) is 0.455. The predicted octanol–water partition coefficient (Wildman–Crippen LogP) is 4.14. The number of alkyl halides is 2. The van der Waals surface area contributed by atoms with Gasteiger partial charge >= 0.3 is 0 Å². The minimum absolute atomic E-state index is 0.138. The zero-order valence-corrected chi connectivity index (χ0v) is 17.5. The molecule has 1 fully saturated rings. The minimum Gasteiger partial charge on any atom is -0.367 e. The molecule has 2 aromatic rings. The molecule has 3 N–H and O–H groups in total. The van der Waals surface area contributed by atoms with Crippen molar-refractivity contribution in [1.82, 2.24) is 14.5 Å². The molecular formula is C22H26F3N5O. The highest BCUT2D eigenvalue weighted by Gasteiger charge is 2.40. The fourth-order valence-electron chi connectivity index (χ4n) is 4.25. The summed E-state index contributed by atoms with van der Waals surface area (Å²) in [5, 5.41) is 3.40. The second-order valence-corrected chi connectivity index (χ2v) is 8.61. The molecule has 4 rings (SSSR count). The number of anilines is 1. The van der Waals surface area contributed by atoms with Gasteiger partial charge in [-0.05, 0) is 51.0 Å². The van der Waals surface area contributed by atoms with Crippen LogP contribution in [0.15, 0.2) is 30.5 Å². The van der Waals surface area contributed by atoms with E-state index in [2.05, 4.69) is 5.32 Å². The Morgan fingerprint density at radius 3 is 2.45 bits per heavy atom. The van der Waals surface area contributed by atoms with Gasteiger partial charge in [-0.25, -0.2) is 18.2 Å². The molecule has 1 amide bonds. The number of carbonyl (C=O) groups excluding carboxylic acids is 1. The van der Waals surface area contributed by atoms with Crippen molar-refractivity contribution < 1.29 is 18.0 Å². The maximum atomic E-state index is 13.6. The summed E-state index contributed by atoms with van der Waals surface area (Å²) in [6.45, 7) is 3.59. The molecule has 1 saturated carbocycles. The molecule has 1 aromatic heterocycles. The molecule has 0 saturated heterocycles. The Labute approximate surface area is 178 Å². The molecule has 9 heteroatoms. The summed E-state index contributed by atoms with van der Waals surface area (Å²) in [4.78, 5) is 18.7. The van der Waals surface area contributed by atoms with Crippen LogP contribution < -0.4 is 11.1 Å². The van der Waals surface area contributed by atoms with Crippen molar-refractivity contribution in [3.05, 3.63) is 42.1 Å². The Hall–Kier alpha value is -2.81. The van der Waals surface area contributed by atoms with E-state index < -0.39 is 11.5 Å². The lowest BCUT2D eigenvalue weighted by Crippen LogP contribution is -2.47. The first-order chi connectivity index (χ1) is 14.6. The van der Waals surface area contributed by atoms with E-state index in [1.54, 1.807) is 24.5 Å². The lowest BCUT2D eigenvalue weighted by atomic mass is 9.92. The molecule has 1 aromatic carbocycles. The molecular weight excluding hydrogens is 407 g/mol. The number of benzene rings is 1. The Kier molecular flexibility index (Phi) is 5.33. The monoisotopic (exact) mass is 433 g/mol. The van der Waals surface area contributed by atoms with Crippen LogP contribution >= 0.6 is 0 Å². The summed E-state index contributed by atoms with van der Waals surface area (Å²) < 4.78 is 42.6. The summed E-state index contributed by atoms with van der Waals surface area (Å²) >= 11 is 0. The second kappa shape index (κ2) is 7.71. The number of carbonyl (C=O) groups is 1. The van der Waals surface area contributed by atoms with E-state index in [-0.39, 0.29) is 37.2 Å². The zero-order valence-electron chi connectivity index (χ0n) is 17.5. The third-order valence-corrected chi connectivity index (χ3v) is 6.04.